The van der Waals surface area contributed by atoms with Gasteiger partial charge in [-0.05, 0) is 25.0 Å². The Balaban J connectivity index is 1.50. The fourth-order valence-corrected chi connectivity index (χ4v) is 3.73. The van der Waals surface area contributed by atoms with Crippen LogP contribution >= 0.6 is 0 Å². The lowest BCUT2D eigenvalue weighted by molar-refractivity contribution is -0.122. The van der Waals surface area contributed by atoms with Crippen molar-refractivity contribution in [3.8, 4) is 11.3 Å². The van der Waals surface area contributed by atoms with Crippen LogP contribution in [0.4, 0.5) is 11.5 Å². The van der Waals surface area contributed by atoms with Crippen LogP contribution in [0.3, 0.4) is 0 Å². The Hall–Kier alpha value is -3.21. The summed E-state index contributed by atoms with van der Waals surface area (Å²) in [5, 5.41) is 0. The number of anilines is 2. The molecule has 4 rings (SSSR count). The lowest BCUT2D eigenvalue weighted by Gasteiger charge is -2.34. The minimum atomic E-state index is -0.0332. The van der Waals surface area contributed by atoms with Gasteiger partial charge in [-0.2, -0.15) is 0 Å². The van der Waals surface area contributed by atoms with Gasteiger partial charge in [-0.25, -0.2) is 9.97 Å². The maximum absolute atomic E-state index is 13.0. The fraction of sp³-hybridized carbons (Fsp3) is 0.261. The molecule has 1 aromatic heterocycles. The molecule has 1 atom stereocenters. The molecule has 0 N–H and O–H groups in total. The first-order valence-corrected chi connectivity index (χ1v) is 9.67. The van der Waals surface area contributed by atoms with Crippen LogP contribution in [-0.4, -0.2) is 36.0 Å². The molecule has 2 aromatic carbocycles. The van der Waals surface area contributed by atoms with Gasteiger partial charge in [-0.3, -0.25) is 4.79 Å². The summed E-state index contributed by atoms with van der Waals surface area (Å²) in [6.07, 6.45) is 3.49. The Bertz CT molecular complexity index is 930. The molecular formula is C23H24N4O. The maximum atomic E-state index is 13.0. The number of carbonyl (C=O) groups is 1. The van der Waals surface area contributed by atoms with Crippen molar-refractivity contribution >= 4 is 17.4 Å². The standard InChI is InChI=1S/C23H24N4O/c1-26(20-12-6-3-7-13-20)23(28)19-11-8-14-27(16-19)22-15-21(24-17-25-22)18-9-4-2-5-10-18/h2-7,9-10,12-13,15,17,19H,8,11,14,16H2,1H3. The van der Waals surface area contributed by atoms with E-state index in [1.54, 1.807) is 11.2 Å². The first-order valence-electron chi connectivity index (χ1n) is 9.67. The molecule has 5 nitrogen and oxygen atoms in total. The van der Waals surface area contributed by atoms with Crippen molar-refractivity contribution in [2.45, 2.75) is 12.8 Å². The van der Waals surface area contributed by atoms with Gasteiger partial charge in [0.15, 0.2) is 0 Å². The van der Waals surface area contributed by atoms with E-state index in [-0.39, 0.29) is 11.8 Å². The first-order chi connectivity index (χ1) is 13.7. The largest absolute Gasteiger partial charge is 0.356 e. The molecule has 1 aliphatic heterocycles. The van der Waals surface area contributed by atoms with Crippen LogP contribution in [0.25, 0.3) is 11.3 Å². The van der Waals surface area contributed by atoms with Crippen LogP contribution in [0.5, 0.6) is 0 Å². The van der Waals surface area contributed by atoms with Gasteiger partial charge in [-0.1, -0.05) is 48.5 Å². The van der Waals surface area contributed by atoms with Crippen LogP contribution in [0, 0.1) is 5.92 Å². The molecule has 5 heteroatoms. The lowest BCUT2D eigenvalue weighted by atomic mass is 9.96. The molecule has 28 heavy (non-hydrogen) atoms. The van der Waals surface area contributed by atoms with Gasteiger partial charge in [0.05, 0.1) is 11.6 Å². The predicted molar refractivity (Wildman–Crippen MR) is 112 cm³/mol. The van der Waals surface area contributed by atoms with Crippen LogP contribution in [0.15, 0.2) is 73.1 Å². The third-order valence-electron chi connectivity index (χ3n) is 5.29. The molecule has 142 valence electrons. The predicted octanol–water partition coefficient (Wildman–Crippen LogP) is 4.02. The summed E-state index contributed by atoms with van der Waals surface area (Å²) < 4.78 is 0. The van der Waals surface area contributed by atoms with Crippen molar-refractivity contribution in [3.63, 3.8) is 0 Å². The Morgan fingerprint density at radius 1 is 1.04 bits per heavy atom. The molecule has 0 spiro atoms. The van der Waals surface area contributed by atoms with Crippen molar-refractivity contribution in [2.75, 3.05) is 29.9 Å². The normalized spacial score (nSPS) is 16.6. The third kappa shape index (κ3) is 3.88. The molecule has 0 aliphatic carbocycles. The van der Waals surface area contributed by atoms with E-state index in [4.69, 9.17) is 0 Å². The van der Waals surface area contributed by atoms with Crippen molar-refractivity contribution in [2.24, 2.45) is 5.92 Å². The van der Waals surface area contributed by atoms with Crippen molar-refractivity contribution in [1.82, 2.24) is 9.97 Å². The van der Waals surface area contributed by atoms with Crippen LogP contribution in [0.2, 0.25) is 0 Å². The Labute approximate surface area is 165 Å². The van der Waals surface area contributed by atoms with Gasteiger partial charge in [0, 0.05) is 37.5 Å². The number of carbonyl (C=O) groups excluding carboxylic acids is 1. The number of hydrogen-bond acceptors (Lipinski definition) is 4. The van der Waals surface area contributed by atoms with Gasteiger partial charge in [0.1, 0.15) is 12.1 Å². The molecule has 1 aliphatic rings. The fourth-order valence-electron chi connectivity index (χ4n) is 3.73. The van der Waals surface area contributed by atoms with Crippen molar-refractivity contribution < 1.29 is 4.79 Å². The van der Waals surface area contributed by atoms with Crippen molar-refractivity contribution in [1.29, 1.82) is 0 Å². The molecular weight excluding hydrogens is 348 g/mol. The molecule has 2 heterocycles. The van der Waals surface area contributed by atoms with Gasteiger partial charge < -0.3 is 9.80 Å². The molecule has 1 fully saturated rings. The van der Waals surface area contributed by atoms with E-state index in [1.807, 2.05) is 73.8 Å². The summed E-state index contributed by atoms with van der Waals surface area (Å²) in [7, 11) is 1.86. The minimum Gasteiger partial charge on any atom is -0.356 e. The molecule has 1 saturated heterocycles. The second-order valence-electron chi connectivity index (χ2n) is 7.15. The summed E-state index contributed by atoms with van der Waals surface area (Å²) in [5.41, 5.74) is 2.90. The first kappa shape index (κ1) is 18.2. The highest BCUT2D eigenvalue weighted by molar-refractivity contribution is 5.95. The van der Waals surface area contributed by atoms with E-state index in [9.17, 15) is 4.79 Å². The Morgan fingerprint density at radius 3 is 2.50 bits per heavy atom. The topological polar surface area (TPSA) is 49.3 Å². The summed E-state index contributed by atoms with van der Waals surface area (Å²) >= 11 is 0. The molecule has 1 unspecified atom stereocenters. The minimum absolute atomic E-state index is 0.0332. The number of rotatable bonds is 4. The molecule has 3 aromatic rings. The summed E-state index contributed by atoms with van der Waals surface area (Å²) in [6.45, 7) is 1.59. The highest BCUT2D eigenvalue weighted by atomic mass is 16.2. The van der Waals surface area contributed by atoms with Crippen LogP contribution in [0.1, 0.15) is 12.8 Å². The SMILES string of the molecule is CN(C(=O)C1CCCN(c2cc(-c3ccccc3)ncn2)C1)c1ccccc1. The van der Waals surface area contributed by atoms with E-state index >= 15 is 0 Å². The van der Waals surface area contributed by atoms with Gasteiger partial charge >= 0.3 is 0 Å². The van der Waals surface area contributed by atoms with E-state index in [0.29, 0.717) is 6.54 Å². The van der Waals surface area contributed by atoms with Crippen molar-refractivity contribution in [3.05, 3.63) is 73.1 Å². The van der Waals surface area contributed by atoms with E-state index in [2.05, 4.69) is 14.9 Å². The van der Waals surface area contributed by atoms with Gasteiger partial charge in [0.2, 0.25) is 5.91 Å². The Morgan fingerprint density at radius 2 is 1.75 bits per heavy atom. The van der Waals surface area contributed by atoms with Crippen LogP contribution < -0.4 is 9.80 Å². The van der Waals surface area contributed by atoms with E-state index in [1.165, 1.54) is 0 Å². The Kier molecular flexibility index (Phi) is 5.33. The highest BCUT2D eigenvalue weighted by Crippen LogP contribution is 2.26. The zero-order valence-corrected chi connectivity index (χ0v) is 16.0. The monoisotopic (exact) mass is 372 g/mol. The van der Waals surface area contributed by atoms with E-state index < -0.39 is 0 Å². The van der Waals surface area contributed by atoms with Gasteiger partial charge in [0.25, 0.3) is 0 Å². The highest BCUT2D eigenvalue weighted by Gasteiger charge is 2.29. The molecule has 1 amide bonds. The van der Waals surface area contributed by atoms with E-state index in [0.717, 1.165) is 42.1 Å². The second kappa shape index (κ2) is 8.21. The number of aromatic nitrogens is 2. The number of nitrogens with zero attached hydrogens (tertiary/aromatic N) is 4. The molecule has 0 radical (unpaired) electrons. The summed E-state index contributed by atoms with van der Waals surface area (Å²) in [6, 6.07) is 21.9. The number of amides is 1. The summed E-state index contributed by atoms with van der Waals surface area (Å²) in [5.74, 6) is 1.01. The average Bonchev–Trinajstić information content (AvgIpc) is 2.79. The third-order valence-corrected chi connectivity index (χ3v) is 5.29. The quantitative estimate of drug-likeness (QED) is 0.694. The molecule has 0 bridgehead atoms. The van der Waals surface area contributed by atoms with Crippen LogP contribution in [-0.2, 0) is 4.79 Å². The zero-order chi connectivity index (χ0) is 19.3. The summed E-state index contributed by atoms with van der Waals surface area (Å²) in [4.78, 5) is 25.9. The lowest BCUT2D eigenvalue weighted by Crippen LogP contribution is -2.44. The second-order valence-corrected chi connectivity index (χ2v) is 7.15. The maximum Gasteiger partial charge on any atom is 0.231 e. The average molecular weight is 372 g/mol. The molecule has 0 saturated carbocycles. The number of benzene rings is 2. The number of hydrogen-bond donors (Lipinski definition) is 0. The smallest absolute Gasteiger partial charge is 0.231 e. The number of piperidine rings is 1. The number of para-hydroxylation sites is 1. The zero-order valence-electron chi connectivity index (χ0n) is 16.0. The van der Waals surface area contributed by atoms with Gasteiger partial charge in [-0.15, -0.1) is 0 Å².